The standard InChI is InChI=1S/C30H20N4.2C30H19N3.C26H18N4.4Pt/c1-20-8-6-14-26-29(20)32-19-33-30(26)22-10-7-9-21(16-22)17-27-24-12-2-3-13-25(24)28(34-27)18-23-11-4-5-15-31-23;1-2-11-24-22(9-1)15-17-32-28(24)20-30-26-13-4-3-12-25(26)29(33-30)19-21-8-7-10-23(18-21)27-14-5-6-16-31-27;1-2-10-22(11-3-1)27-16-8-12-23(32-27)19-29-25-14-6-7-15-26(25)30(33-29)20-28-24-13-5-4-9-21(24)17-18-31-28;1-18-13-24(29-17-28-18)20-8-6-7-19(14-20)15-25-22-10-2-3-11-23(22)26(30-25)16-21-9-4-5-12-27-21;;;;/h2-15,17-19H,1H3;1-17,19-20H;1-10,12-20H;2-13,15-17H,1H3;;;;/q4*-2;4*+2. The zero-order valence-corrected chi connectivity index (χ0v) is 81.0. The van der Waals surface area contributed by atoms with Crippen molar-refractivity contribution in [2.24, 2.45) is 0 Å². The quantitative estimate of drug-likeness (QED) is 0.105. The molecule has 134 heavy (non-hydrogen) atoms. The van der Waals surface area contributed by atoms with Gasteiger partial charge in [-0.05, 0) is 151 Å². The van der Waals surface area contributed by atoms with E-state index in [1.54, 1.807) is 31.2 Å². The number of fused-ring (bicyclic) bond motifs is 7. The molecule has 0 unspecified atom stereocenters. The third-order valence-electron chi connectivity index (χ3n) is 22.3. The summed E-state index contributed by atoms with van der Waals surface area (Å²) in [5.41, 5.74) is 17.7. The Morgan fingerprint density at radius 1 is 0.246 bits per heavy atom. The molecule has 23 rings (SSSR count). The summed E-state index contributed by atoms with van der Waals surface area (Å²) in [5, 5.41) is 21.8. The molecule has 0 amide bonds. The molecule has 11 aromatic carbocycles. The van der Waals surface area contributed by atoms with E-state index in [1.807, 2.05) is 274 Å². The summed E-state index contributed by atoms with van der Waals surface area (Å²) >= 11 is 0. The van der Waals surface area contributed by atoms with Gasteiger partial charge in [0.25, 0.3) is 0 Å². The first-order chi connectivity index (χ1) is 64.2. The first-order valence-corrected chi connectivity index (χ1v) is 42.6. The van der Waals surface area contributed by atoms with Gasteiger partial charge in [0.05, 0.1) is 34.0 Å². The Hall–Kier alpha value is -14.9. The van der Waals surface area contributed by atoms with Crippen LogP contribution in [0.1, 0.15) is 56.4 Å². The Morgan fingerprint density at radius 3 is 1.08 bits per heavy atom. The number of pyridine rings is 6. The van der Waals surface area contributed by atoms with Crippen molar-refractivity contribution < 1.29 is 84.3 Å². The molecule has 0 saturated carbocycles. The first-order valence-electron chi connectivity index (χ1n) is 42.6. The summed E-state index contributed by atoms with van der Waals surface area (Å²) in [6.07, 6.45) is 28.8. The predicted molar refractivity (Wildman–Crippen MR) is 523 cm³/mol. The minimum Gasteiger partial charge on any atom is -0.663 e. The molecule has 0 fully saturated rings. The van der Waals surface area contributed by atoms with E-state index in [4.69, 9.17) is 24.9 Å². The Kier molecular flexibility index (Phi) is 30.0. The van der Waals surface area contributed by atoms with Crippen LogP contribution in [-0.2, 0) is 84.3 Å². The molecule has 18 heteroatoms. The van der Waals surface area contributed by atoms with Gasteiger partial charge >= 0.3 is 84.3 Å². The van der Waals surface area contributed by atoms with Crippen LogP contribution >= 0.6 is 0 Å². The van der Waals surface area contributed by atoms with Crippen LogP contribution < -0.4 is 62.7 Å². The van der Waals surface area contributed by atoms with E-state index in [1.165, 1.54) is 10.8 Å². The molecule has 12 aromatic heterocycles. The van der Waals surface area contributed by atoms with Crippen molar-refractivity contribution >= 4 is 124 Å². The number of para-hydroxylation sites is 1. The van der Waals surface area contributed by atoms with E-state index in [-0.39, 0.29) is 84.3 Å². The van der Waals surface area contributed by atoms with Crippen molar-refractivity contribution in [3.05, 3.63) is 501 Å². The summed E-state index contributed by atoms with van der Waals surface area (Å²) in [6, 6.07) is 126. The SMILES string of the molecule is Cc1cc(-c2[c-]c(C=c3[n-]c(=Cc4ccccn4)c4ccccc34)ccc2)ncn1.Cc1cccc2c(-c3[c-]c(C=c4[n-]c(=Cc5ccccn5)c5ccccc45)ccc3)ncnc12.[Pt+2].[Pt+2].[Pt+2].[Pt+2].[c-]1c(C=c2[n-]c(=Cc3nccc4ccccc34)c3ccccc23)cccc1-c1ccccn1.[c-]1ccccc1-c1cccc(C=c2[n-]c(=Cc3nccc4ccccc34)c3ccccc23)n1. The van der Waals surface area contributed by atoms with E-state index in [0.717, 1.165) is 209 Å². The topological polar surface area (TPSA) is 185 Å². The summed E-state index contributed by atoms with van der Waals surface area (Å²) in [7, 11) is 0. The summed E-state index contributed by atoms with van der Waals surface area (Å²) in [5.74, 6) is 0. The van der Waals surface area contributed by atoms with Gasteiger partial charge in [0.1, 0.15) is 12.7 Å². The molecule has 650 valence electrons. The van der Waals surface area contributed by atoms with Crippen molar-refractivity contribution in [1.82, 2.24) is 69.8 Å². The molecule has 0 N–H and O–H groups in total. The Morgan fingerprint density at radius 2 is 0.619 bits per heavy atom. The summed E-state index contributed by atoms with van der Waals surface area (Å²) < 4.78 is 0. The second-order valence-electron chi connectivity index (χ2n) is 30.9. The zero-order valence-electron chi connectivity index (χ0n) is 71.9. The van der Waals surface area contributed by atoms with Crippen LogP contribution in [0.3, 0.4) is 0 Å². The largest absolute Gasteiger partial charge is 2.00 e. The number of benzene rings is 11. The smallest absolute Gasteiger partial charge is 0.663 e. The van der Waals surface area contributed by atoms with E-state index in [9.17, 15) is 0 Å². The molecule has 14 nitrogen and oxygen atoms in total. The summed E-state index contributed by atoms with van der Waals surface area (Å²) in [4.78, 5) is 64.8. The van der Waals surface area contributed by atoms with Gasteiger partial charge in [0.2, 0.25) is 0 Å². The van der Waals surface area contributed by atoms with Crippen LogP contribution in [0.5, 0.6) is 0 Å². The molecular formula is C116H76N14Pt4. The zero-order chi connectivity index (χ0) is 87.3. The normalized spacial score (nSPS) is 12.2. The number of aromatic nitrogens is 14. The van der Waals surface area contributed by atoms with Gasteiger partial charge in [-0.1, -0.05) is 235 Å². The second kappa shape index (κ2) is 43.5. The molecule has 0 atom stereocenters. The van der Waals surface area contributed by atoms with E-state index >= 15 is 0 Å². The van der Waals surface area contributed by atoms with Gasteiger partial charge in [-0.3, -0.25) is 39.9 Å². The number of rotatable bonds is 12. The van der Waals surface area contributed by atoms with Gasteiger partial charge in [0.15, 0.2) is 0 Å². The molecule has 0 radical (unpaired) electrons. The number of nitrogens with zero attached hydrogens (tertiary/aromatic N) is 14. The second-order valence-corrected chi connectivity index (χ2v) is 30.9. The first kappa shape index (κ1) is 92.4. The van der Waals surface area contributed by atoms with Gasteiger partial charge in [-0.2, -0.15) is 16.0 Å². The Balaban J connectivity index is 0.000000129. The maximum absolute atomic E-state index is 5.00. The van der Waals surface area contributed by atoms with Crippen LogP contribution in [0.2, 0.25) is 0 Å². The molecule has 0 aliphatic rings. The Bertz CT molecular complexity index is 8420. The van der Waals surface area contributed by atoms with Crippen molar-refractivity contribution in [1.29, 1.82) is 0 Å². The molecule has 0 aliphatic heterocycles. The van der Waals surface area contributed by atoms with Crippen LogP contribution in [0.4, 0.5) is 0 Å². The van der Waals surface area contributed by atoms with Gasteiger partial charge < -0.3 is 19.9 Å². The van der Waals surface area contributed by atoms with Crippen molar-refractivity contribution in [3.8, 4) is 45.0 Å². The van der Waals surface area contributed by atoms with Crippen LogP contribution in [0.25, 0.3) is 169 Å². The Labute approximate surface area is 830 Å². The van der Waals surface area contributed by atoms with Crippen LogP contribution in [0.15, 0.2) is 377 Å². The summed E-state index contributed by atoms with van der Waals surface area (Å²) in [6.45, 7) is 4.03. The van der Waals surface area contributed by atoms with Gasteiger partial charge in [-0.15, -0.1) is 170 Å². The van der Waals surface area contributed by atoms with E-state index in [0.29, 0.717) is 0 Å². The van der Waals surface area contributed by atoms with Crippen LogP contribution in [0, 0.1) is 38.1 Å². The maximum atomic E-state index is 5.00. The van der Waals surface area contributed by atoms with Crippen molar-refractivity contribution in [3.63, 3.8) is 0 Å². The fraction of sp³-hybridized carbons (Fsp3) is 0.0172. The number of hydrogen-bond donors (Lipinski definition) is 0. The van der Waals surface area contributed by atoms with Crippen molar-refractivity contribution in [2.45, 2.75) is 13.8 Å². The molecule has 0 saturated heterocycles. The number of aryl methyl sites for hydroxylation is 2. The molecule has 0 aliphatic carbocycles. The van der Waals surface area contributed by atoms with Gasteiger partial charge in [0, 0.05) is 64.5 Å². The van der Waals surface area contributed by atoms with E-state index < -0.39 is 0 Å². The molecule has 0 bridgehead atoms. The minimum absolute atomic E-state index is 0. The third kappa shape index (κ3) is 21.2. The average molecular weight is 2450 g/mol. The van der Waals surface area contributed by atoms with Gasteiger partial charge in [-0.25, -0.2) is 9.97 Å². The third-order valence-corrected chi connectivity index (χ3v) is 22.3. The molecule has 12 heterocycles. The minimum atomic E-state index is 0. The van der Waals surface area contributed by atoms with E-state index in [2.05, 4.69) is 203 Å². The molecular weight excluding hydrogens is 2370 g/mol. The van der Waals surface area contributed by atoms with Crippen molar-refractivity contribution in [2.75, 3.05) is 0 Å². The monoisotopic (exact) mass is 2440 g/mol. The fourth-order valence-electron chi connectivity index (χ4n) is 16.1. The average Bonchev–Trinajstić information content (AvgIpc) is 1.68. The predicted octanol–water partition coefficient (Wildman–Crippen LogP) is 17.7. The number of hydrogen-bond acceptors (Lipinski definition) is 10. The molecule has 0 spiro atoms. The fourth-order valence-corrected chi connectivity index (χ4v) is 16.1. The molecule has 23 aromatic rings. The maximum Gasteiger partial charge on any atom is 2.00 e. The van der Waals surface area contributed by atoms with Crippen LogP contribution in [-0.4, -0.2) is 49.8 Å².